The van der Waals surface area contributed by atoms with Gasteiger partial charge in [-0.2, -0.15) is 26.7 Å². The first-order chi connectivity index (χ1) is 8.23. The minimum Gasteiger partial charge on any atom is -0.198 e. The van der Waals surface area contributed by atoms with E-state index in [1.165, 1.54) is 24.4 Å². The van der Waals surface area contributed by atoms with Gasteiger partial charge in [0.15, 0.2) is 5.69 Å². The summed E-state index contributed by atoms with van der Waals surface area (Å²) in [6.45, 7) is 1.30. The molecule has 98 valence electrons. The molecule has 0 unspecified atom stereocenters. The minimum atomic E-state index is -4.77. The first-order valence-electron chi connectivity index (χ1n) is 4.66. The fourth-order valence-electron chi connectivity index (χ4n) is 1.35. The Morgan fingerprint density at radius 2 is 2.06 bits per heavy atom. The van der Waals surface area contributed by atoms with Gasteiger partial charge in [0.2, 0.25) is 0 Å². The second kappa shape index (κ2) is 4.09. The molecule has 0 aliphatic rings. The minimum absolute atomic E-state index is 0.0116. The summed E-state index contributed by atoms with van der Waals surface area (Å²) < 4.78 is 62.0. The fraction of sp³-hybridized carbons (Fsp3) is 0.222. The largest absolute Gasteiger partial charge is 0.434 e. The molecule has 0 amide bonds. The molecule has 0 N–H and O–H groups in total. The van der Waals surface area contributed by atoms with Crippen LogP contribution in [0.2, 0.25) is 0 Å². The third kappa shape index (κ3) is 2.15. The number of nitrogens with zero attached hydrogens (tertiary/aromatic N) is 2. The maximum atomic E-state index is 12.7. The Morgan fingerprint density at radius 3 is 2.56 bits per heavy atom. The van der Waals surface area contributed by atoms with Crippen molar-refractivity contribution in [3.63, 3.8) is 0 Å². The molecule has 4 nitrogen and oxygen atoms in total. The highest BCUT2D eigenvalue weighted by molar-refractivity contribution is 7.91. The van der Waals surface area contributed by atoms with Gasteiger partial charge >= 0.3 is 6.18 Å². The number of thiophene rings is 1. The smallest absolute Gasteiger partial charge is 0.198 e. The van der Waals surface area contributed by atoms with Crippen molar-refractivity contribution in [1.82, 2.24) is 9.19 Å². The van der Waals surface area contributed by atoms with Crippen molar-refractivity contribution >= 4 is 21.4 Å². The van der Waals surface area contributed by atoms with Crippen molar-refractivity contribution in [1.29, 1.82) is 0 Å². The zero-order chi connectivity index (χ0) is 13.6. The van der Waals surface area contributed by atoms with Crippen molar-refractivity contribution < 1.29 is 21.6 Å². The Bertz CT molecular complexity index is 657. The van der Waals surface area contributed by atoms with Gasteiger partial charge in [0.1, 0.15) is 4.21 Å². The predicted molar refractivity (Wildman–Crippen MR) is 58.9 cm³/mol. The number of hydrogen-bond donors (Lipinski definition) is 0. The van der Waals surface area contributed by atoms with E-state index in [1.54, 1.807) is 0 Å². The van der Waals surface area contributed by atoms with Gasteiger partial charge in [0.05, 0.1) is 5.69 Å². The summed E-state index contributed by atoms with van der Waals surface area (Å²) in [5, 5.41) is 4.89. The quantitative estimate of drug-likeness (QED) is 0.855. The highest BCUT2D eigenvalue weighted by atomic mass is 32.2. The van der Waals surface area contributed by atoms with Crippen LogP contribution in [0.3, 0.4) is 0 Å². The maximum absolute atomic E-state index is 12.7. The molecule has 2 heterocycles. The van der Waals surface area contributed by atoms with Crippen LogP contribution in [0.15, 0.2) is 27.8 Å². The van der Waals surface area contributed by atoms with Crippen LogP contribution >= 0.6 is 11.3 Å². The van der Waals surface area contributed by atoms with Crippen molar-refractivity contribution in [3.8, 4) is 0 Å². The van der Waals surface area contributed by atoms with Crippen LogP contribution in [0.5, 0.6) is 0 Å². The number of halogens is 3. The SMILES string of the molecule is Cc1cc(C(F)(F)F)n(S(=O)(=O)c2cccs2)n1. The molecule has 0 radical (unpaired) electrons. The van der Waals surface area contributed by atoms with Crippen LogP contribution in [-0.4, -0.2) is 17.6 Å². The van der Waals surface area contributed by atoms with Crippen LogP contribution in [0, 0.1) is 6.92 Å². The van der Waals surface area contributed by atoms with Crippen LogP contribution in [-0.2, 0) is 16.2 Å². The lowest BCUT2D eigenvalue weighted by Crippen LogP contribution is -2.21. The average Bonchev–Trinajstić information content (AvgIpc) is 2.83. The molecule has 18 heavy (non-hydrogen) atoms. The van der Waals surface area contributed by atoms with E-state index in [9.17, 15) is 21.6 Å². The molecule has 0 saturated carbocycles. The standard InChI is InChI=1S/C9H7F3N2O2S2/c1-6-5-7(9(10,11)12)14(13-6)18(15,16)8-3-2-4-17-8/h2-5H,1H3. The third-order valence-corrected chi connectivity index (χ3v) is 5.03. The molecular weight excluding hydrogens is 289 g/mol. The molecular formula is C9H7F3N2O2S2. The van der Waals surface area contributed by atoms with Crippen molar-refractivity contribution in [2.75, 3.05) is 0 Å². The van der Waals surface area contributed by atoms with E-state index in [0.29, 0.717) is 6.07 Å². The maximum Gasteiger partial charge on any atom is 0.434 e. The zero-order valence-electron chi connectivity index (χ0n) is 8.97. The molecule has 2 aromatic heterocycles. The summed E-state index contributed by atoms with van der Waals surface area (Å²) in [5.74, 6) is 0. The fourth-order valence-corrected chi connectivity index (χ4v) is 3.73. The summed E-state index contributed by atoms with van der Waals surface area (Å²) in [5.41, 5.74) is -1.31. The summed E-state index contributed by atoms with van der Waals surface area (Å²) in [6.07, 6.45) is -4.77. The molecule has 0 fully saturated rings. The van der Waals surface area contributed by atoms with Gasteiger partial charge in [-0.15, -0.1) is 15.4 Å². The summed E-state index contributed by atoms with van der Waals surface area (Å²) in [4.78, 5) is 0. The van der Waals surface area contributed by atoms with E-state index in [-0.39, 0.29) is 14.0 Å². The Hall–Kier alpha value is -1.35. The first kappa shape index (κ1) is 13.1. The lowest BCUT2D eigenvalue weighted by molar-refractivity contribution is -0.142. The van der Waals surface area contributed by atoms with Crippen molar-refractivity contribution in [2.24, 2.45) is 0 Å². The highest BCUT2D eigenvalue weighted by Crippen LogP contribution is 2.32. The van der Waals surface area contributed by atoms with Gasteiger partial charge in [0.25, 0.3) is 10.0 Å². The molecule has 2 aromatic rings. The van der Waals surface area contributed by atoms with Gasteiger partial charge in [-0.25, -0.2) is 0 Å². The van der Waals surface area contributed by atoms with Gasteiger partial charge in [0, 0.05) is 0 Å². The molecule has 9 heteroatoms. The van der Waals surface area contributed by atoms with E-state index in [2.05, 4.69) is 5.10 Å². The lowest BCUT2D eigenvalue weighted by Gasteiger charge is -2.09. The topological polar surface area (TPSA) is 52.0 Å². The molecule has 0 atom stereocenters. The second-order valence-corrected chi connectivity index (χ2v) is 6.39. The van der Waals surface area contributed by atoms with E-state index in [1.807, 2.05) is 0 Å². The van der Waals surface area contributed by atoms with Crippen LogP contribution in [0.1, 0.15) is 11.4 Å². The van der Waals surface area contributed by atoms with Gasteiger partial charge in [-0.05, 0) is 24.4 Å². The number of rotatable bonds is 2. The van der Waals surface area contributed by atoms with Gasteiger partial charge in [-0.1, -0.05) is 6.07 Å². The number of hydrogen-bond acceptors (Lipinski definition) is 4. The Balaban J connectivity index is 2.66. The van der Waals surface area contributed by atoms with Crippen LogP contribution in [0.25, 0.3) is 0 Å². The lowest BCUT2D eigenvalue weighted by atomic mass is 10.4. The monoisotopic (exact) mass is 296 g/mol. The van der Waals surface area contributed by atoms with Gasteiger partial charge in [-0.3, -0.25) is 0 Å². The Labute approximate surface area is 105 Å². The Kier molecular flexibility index (Phi) is 2.98. The van der Waals surface area contributed by atoms with Crippen LogP contribution in [0.4, 0.5) is 13.2 Å². The zero-order valence-corrected chi connectivity index (χ0v) is 10.6. The molecule has 0 spiro atoms. The number of aromatic nitrogens is 2. The van der Waals surface area contributed by atoms with E-state index in [4.69, 9.17) is 0 Å². The van der Waals surface area contributed by atoms with E-state index in [0.717, 1.165) is 11.3 Å². The predicted octanol–water partition coefficient (Wildman–Crippen LogP) is 2.51. The van der Waals surface area contributed by atoms with Crippen molar-refractivity contribution in [3.05, 3.63) is 35.0 Å². The van der Waals surface area contributed by atoms with E-state index < -0.39 is 21.9 Å². The second-order valence-electron chi connectivity index (χ2n) is 3.45. The van der Waals surface area contributed by atoms with Gasteiger partial charge < -0.3 is 0 Å². The molecule has 0 bridgehead atoms. The van der Waals surface area contributed by atoms with E-state index >= 15 is 0 Å². The number of aryl methyl sites for hydroxylation is 1. The molecule has 0 aliphatic heterocycles. The number of alkyl halides is 3. The first-order valence-corrected chi connectivity index (χ1v) is 6.98. The third-order valence-electron chi connectivity index (χ3n) is 2.07. The van der Waals surface area contributed by atoms with Crippen molar-refractivity contribution in [2.45, 2.75) is 17.3 Å². The summed E-state index contributed by atoms with van der Waals surface area (Å²) in [6, 6.07) is 3.38. The van der Waals surface area contributed by atoms with Crippen LogP contribution < -0.4 is 0 Å². The summed E-state index contributed by atoms with van der Waals surface area (Å²) in [7, 11) is -4.28. The highest BCUT2D eigenvalue weighted by Gasteiger charge is 2.39. The molecule has 0 saturated heterocycles. The molecule has 0 aliphatic carbocycles. The normalized spacial score (nSPS) is 12.9. The Morgan fingerprint density at radius 1 is 1.39 bits per heavy atom. The average molecular weight is 296 g/mol. The summed E-state index contributed by atoms with van der Waals surface area (Å²) >= 11 is 0.837. The molecule has 2 rings (SSSR count). The molecule has 0 aromatic carbocycles.